The van der Waals surface area contributed by atoms with Crippen LogP contribution in [0.25, 0.3) is 0 Å². The lowest BCUT2D eigenvalue weighted by atomic mass is 10.2. The largest absolute Gasteiger partial charge is 0.434 e. The highest BCUT2D eigenvalue weighted by Gasteiger charge is 2.36. The molecule has 3 nitrogen and oxygen atoms in total. The number of hydrogen-bond acceptors (Lipinski definition) is 4. The lowest BCUT2D eigenvalue weighted by Crippen LogP contribution is -2.35. The van der Waals surface area contributed by atoms with Gasteiger partial charge in [0.15, 0.2) is 10.8 Å². The highest BCUT2D eigenvalue weighted by Crippen LogP contribution is 2.39. The van der Waals surface area contributed by atoms with Crippen molar-refractivity contribution in [2.45, 2.75) is 55.7 Å². The second kappa shape index (κ2) is 6.16. The number of rotatable bonds is 4. The molecule has 0 bridgehead atoms. The first kappa shape index (κ1) is 16.6. The molecule has 0 radical (unpaired) electrons. The van der Waals surface area contributed by atoms with Crippen molar-refractivity contribution in [3.05, 3.63) is 11.1 Å². The molecule has 0 spiro atoms. The quantitative estimate of drug-likeness (QED) is 0.875. The van der Waals surface area contributed by atoms with Crippen molar-refractivity contribution in [2.75, 3.05) is 5.32 Å². The number of aromatic nitrogens is 1. The first-order valence-corrected chi connectivity index (χ1v) is 8.46. The van der Waals surface area contributed by atoms with E-state index in [1.54, 1.807) is 25.6 Å². The summed E-state index contributed by atoms with van der Waals surface area (Å²) in [6.45, 7) is 3.59. The molecular formula is C13H17F3N2OS2. The van der Waals surface area contributed by atoms with Gasteiger partial charge >= 0.3 is 6.18 Å². The molecule has 1 heterocycles. The molecular weight excluding hydrogens is 321 g/mol. The number of anilines is 1. The maximum absolute atomic E-state index is 12.5. The lowest BCUT2D eigenvalue weighted by molar-refractivity contribution is -0.140. The van der Waals surface area contributed by atoms with Gasteiger partial charge in [-0.05, 0) is 26.7 Å². The average molecular weight is 338 g/mol. The van der Waals surface area contributed by atoms with Crippen LogP contribution in [0, 0.1) is 0 Å². The predicted octanol–water partition coefficient (Wildman–Crippen LogP) is 4.55. The van der Waals surface area contributed by atoms with Gasteiger partial charge in [0.1, 0.15) is 0 Å². The van der Waals surface area contributed by atoms with Crippen molar-refractivity contribution in [2.24, 2.45) is 0 Å². The van der Waals surface area contributed by atoms with Crippen molar-refractivity contribution < 1.29 is 18.0 Å². The van der Waals surface area contributed by atoms with E-state index in [4.69, 9.17) is 0 Å². The highest BCUT2D eigenvalue weighted by molar-refractivity contribution is 8.02. The number of halogens is 3. The van der Waals surface area contributed by atoms with Crippen molar-refractivity contribution in [1.82, 2.24) is 4.98 Å². The highest BCUT2D eigenvalue weighted by atomic mass is 32.2. The van der Waals surface area contributed by atoms with Crippen LogP contribution in [0.5, 0.6) is 0 Å². The first-order valence-electron chi connectivity index (χ1n) is 6.70. The molecule has 1 aliphatic rings. The molecule has 118 valence electrons. The van der Waals surface area contributed by atoms with E-state index < -0.39 is 16.6 Å². The molecule has 21 heavy (non-hydrogen) atoms. The molecule has 1 aromatic heterocycles. The Hall–Kier alpha value is -0.760. The summed E-state index contributed by atoms with van der Waals surface area (Å²) in [7, 11) is 0. The minimum Gasteiger partial charge on any atom is -0.301 e. The molecule has 1 aromatic rings. The van der Waals surface area contributed by atoms with Crippen LogP contribution in [0.1, 0.15) is 45.2 Å². The molecule has 1 aliphatic carbocycles. The first-order chi connectivity index (χ1) is 9.68. The molecule has 1 fully saturated rings. The Balaban J connectivity index is 1.97. The smallest absolute Gasteiger partial charge is 0.301 e. The van der Waals surface area contributed by atoms with Gasteiger partial charge in [0.2, 0.25) is 5.91 Å². The Kier molecular flexibility index (Phi) is 4.87. The zero-order valence-corrected chi connectivity index (χ0v) is 13.4. The van der Waals surface area contributed by atoms with Gasteiger partial charge in [0.05, 0.1) is 4.75 Å². The van der Waals surface area contributed by atoms with Crippen LogP contribution in [0.3, 0.4) is 0 Å². The van der Waals surface area contributed by atoms with Gasteiger partial charge < -0.3 is 5.32 Å². The van der Waals surface area contributed by atoms with Gasteiger partial charge in [-0.3, -0.25) is 4.79 Å². The van der Waals surface area contributed by atoms with E-state index in [0.717, 1.165) is 29.6 Å². The number of carbonyl (C=O) groups is 1. The minimum atomic E-state index is -4.48. The van der Waals surface area contributed by atoms with Crippen LogP contribution >= 0.6 is 23.1 Å². The molecule has 1 saturated carbocycles. The molecule has 0 aromatic carbocycles. The van der Waals surface area contributed by atoms with E-state index in [-0.39, 0.29) is 11.0 Å². The third-order valence-corrected chi connectivity index (χ3v) is 5.66. The standard InChI is InChI=1S/C13H17F3N2OS2/c1-12(2,21-8-5-3-4-6-8)10(19)18-11-17-9(7-20-11)13(14,15)16/h7-8H,3-6H2,1-2H3,(H,17,18,19). The van der Waals surface area contributed by atoms with Crippen LogP contribution in [0.4, 0.5) is 18.3 Å². The van der Waals surface area contributed by atoms with E-state index in [9.17, 15) is 18.0 Å². The summed E-state index contributed by atoms with van der Waals surface area (Å²) in [5.41, 5.74) is -0.968. The maximum atomic E-state index is 12.5. The van der Waals surface area contributed by atoms with Gasteiger partial charge in [0, 0.05) is 10.6 Å². The van der Waals surface area contributed by atoms with E-state index >= 15 is 0 Å². The molecule has 1 N–H and O–H groups in total. The van der Waals surface area contributed by atoms with Crippen LogP contribution < -0.4 is 5.32 Å². The monoisotopic (exact) mass is 338 g/mol. The SMILES string of the molecule is CC(C)(SC1CCCC1)C(=O)Nc1nc(C(F)(F)F)cs1. The maximum Gasteiger partial charge on any atom is 0.434 e. The number of carbonyl (C=O) groups excluding carboxylic acids is 1. The summed E-state index contributed by atoms with van der Waals surface area (Å²) >= 11 is 2.38. The number of alkyl halides is 3. The number of nitrogens with one attached hydrogen (secondary N) is 1. The minimum absolute atomic E-state index is 0.00702. The zero-order valence-electron chi connectivity index (χ0n) is 11.8. The normalized spacial score (nSPS) is 17.2. The summed E-state index contributed by atoms with van der Waals surface area (Å²) < 4.78 is 36.7. The van der Waals surface area contributed by atoms with Gasteiger partial charge in [-0.25, -0.2) is 4.98 Å². The average Bonchev–Trinajstić information content (AvgIpc) is 2.98. The van der Waals surface area contributed by atoms with Crippen molar-refractivity contribution in [3.63, 3.8) is 0 Å². The Bertz CT molecular complexity index is 508. The van der Waals surface area contributed by atoms with E-state index in [1.165, 1.54) is 12.8 Å². The molecule has 2 rings (SSSR count). The fraction of sp³-hybridized carbons (Fsp3) is 0.692. The van der Waals surface area contributed by atoms with Gasteiger partial charge in [0.25, 0.3) is 0 Å². The molecule has 0 atom stereocenters. The third-order valence-electron chi connectivity index (χ3n) is 3.33. The second-order valence-electron chi connectivity index (χ2n) is 5.52. The van der Waals surface area contributed by atoms with Crippen LogP contribution in [0.15, 0.2) is 5.38 Å². The predicted molar refractivity (Wildman–Crippen MR) is 79.7 cm³/mol. The Labute approximate surface area is 129 Å². The Morgan fingerprint density at radius 2 is 2.00 bits per heavy atom. The van der Waals surface area contributed by atoms with Gasteiger partial charge in [-0.2, -0.15) is 13.2 Å². The Morgan fingerprint density at radius 1 is 1.38 bits per heavy atom. The van der Waals surface area contributed by atoms with Crippen molar-refractivity contribution >= 4 is 34.1 Å². The van der Waals surface area contributed by atoms with E-state index in [0.29, 0.717) is 5.25 Å². The number of thiazole rings is 1. The van der Waals surface area contributed by atoms with Crippen LogP contribution in [0.2, 0.25) is 0 Å². The molecule has 0 unspecified atom stereocenters. The summed E-state index contributed by atoms with van der Waals surface area (Å²) in [6.07, 6.45) is 0.0644. The summed E-state index contributed by atoms with van der Waals surface area (Å²) in [5, 5.41) is 3.85. The van der Waals surface area contributed by atoms with E-state index in [2.05, 4.69) is 10.3 Å². The fourth-order valence-electron chi connectivity index (χ4n) is 2.19. The number of hydrogen-bond donors (Lipinski definition) is 1. The zero-order chi connectivity index (χ0) is 15.7. The molecule has 8 heteroatoms. The van der Waals surface area contributed by atoms with E-state index in [1.807, 2.05) is 0 Å². The lowest BCUT2D eigenvalue weighted by Gasteiger charge is -2.25. The number of thioether (sulfide) groups is 1. The van der Waals surface area contributed by atoms with Gasteiger partial charge in [-0.1, -0.05) is 12.8 Å². The summed E-state index contributed by atoms with van der Waals surface area (Å²) in [4.78, 5) is 15.7. The summed E-state index contributed by atoms with van der Waals surface area (Å²) in [5.74, 6) is -0.303. The topological polar surface area (TPSA) is 42.0 Å². The number of nitrogens with zero attached hydrogens (tertiary/aromatic N) is 1. The summed E-state index contributed by atoms with van der Waals surface area (Å²) in [6, 6.07) is 0. The molecule has 0 aliphatic heterocycles. The van der Waals surface area contributed by atoms with Gasteiger partial charge in [-0.15, -0.1) is 23.1 Å². The Morgan fingerprint density at radius 3 is 2.52 bits per heavy atom. The fourth-order valence-corrected chi connectivity index (χ4v) is 4.46. The second-order valence-corrected chi connectivity index (χ2v) is 8.31. The molecule has 0 saturated heterocycles. The van der Waals surface area contributed by atoms with Crippen molar-refractivity contribution in [3.8, 4) is 0 Å². The van der Waals surface area contributed by atoms with Crippen LogP contribution in [-0.4, -0.2) is 20.9 Å². The van der Waals surface area contributed by atoms with Crippen molar-refractivity contribution in [1.29, 1.82) is 0 Å². The number of amides is 1. The molecule has 1 amide bonds. The third kappa shape index (κ3) is 4.35. The van der Waals surface area contributed by atoms with Crippen LogP contribution in [-0.2, 0) is 11.0 Å².